The predicted octanol–water partition coefficient (Wildman–Crippen LogP) is 1.48. The highest BCUT2D eigenvalue weighted by Gasteiger charge is 2.09. The Morgan fingerprint density at radius 2 is 1.94 bits per heavy atom. The smallest absolute Gasteiger partial charge is 0.258 e. The second kappa shape index (κ2) is 5.50. The summed E-state index contributed by atoms with van der Waals surface area (Å²) in [6.07, 6.45) is 1.57. The molecule has 18 heavy (non-hydrogen) atoms. The maximum Gasteiger partial charge on any atom is 0.258 e. The van der Waals surface area contributed by atoms with E-state index < -0.39 is 0 Å². The lowest BCUT2D eigenvalue weighted by Gasteiger charge is -1.99. The fourth-order valence-corrected chi connectivity index (χ4v) is 1.65. The van der Waals surface area contributed by atoms with Crippen LogP contribution in [0.3, 0.4) is 0 Å². The number of ether oxygens (including phenoxy) is 1. The second-order valence-electron chi connectivity index (χ2n) is 4.00. The van der Waals surface area contributed by atoms with Crippen molar-refractivity contribution in [2.45, 2.75) is 12.8 Å². The molecule has 0 atom stereocenters. The van der Waals surface area contributed by atoms with Crippen LogP contribution in [0.4, 0.5) is 11.4 Å². The van der Waals surface area contributed by atoms with Crippen LogP contribution in [0, 0.1) is 0 Å². The lowest BCUT2D eigenvalue weighted by molar-refractivity contribution is 0.194. The third-order valence-electron chi connectivity index (χ3n) is 2.44. The highest BCUT2D eigenvalue weighted by molar-refractivity contribution is 5.66. The molecule has 0 bridgehead atoms. The first-order valence-electron chi connectivity index (χ1n) is 5.67. The molecule has 96 valence electrons. The van der Waals surface area contributed by atoms with Crippen LogP contribution in [-0.2, 0) is 11.2 Å². The summed E-state index contributed by atoms with van der Waals surface area (Å²) in [5.74, 6) is 1.09. The maximum atomic E-state index is 5.72. The van der Waals surface area contributed by atoms with Gasteiger partial charge in [0.1, 0.15) is 0 Å². The van der Waals surface area contributed by atoms with Crippen molar-refractivity contribution in [3.8, 4) is 11.5 Å². The molecule has 2 aromatic rings. The van der Waals surface area contributed by atoms with Crippen molar-refractivity contribution < 1.29 is 9.26 Å². The second-order valence-corrected chi connectivity index (χ2v) is 4.00. The van der Waals surface area contributed by atoms with Crippen LogP contribution in [0.5, 0.6) is 0 Å². The largest absolute Gasteiger partial charge is 0.399 e. The normalized spacial score (nSPS) is 10.7. The topological polar surface area (TPSA) is 100 Å². The van der Waals surface area contributed by atoms with Gasteiger partial charge < -0.3 is 20.7 Å². The number of rotatable bonds is 5. The summed E-state index contributed by atoms with van der Waals surface area (Å²) in [7, 11) is 1.66. The van der Waals surface area contributed by atoms with Gasteiger partial charge in [-0.25, -0.2) is 0 Å². The Morgan fingerprint density at radius 1 is 1.22 bits per heavy atom. The monoisotopic (exact) mass is 248 g/mol. The summed E-state index contributed by atoms with van der Waals surface area (Å²) in [6, 6.07) is 5.19. The van der Waals surface area contributed by atoms with Crippen molar-refractivity contribution in [2.75, 3.05) is 25.2 Å². The van der Waals surface area contributed by atoms with Gasteiger partial charge in [-0.15, -0.1) is 0 Å². The molecule has 0 amide bonds. The predicted molar refractivity (Wildman–Crippen MR) is 68.8 cm³/mol. The van der Waals surface area contributed by atoms with Crippen LogP contribution in [0.2, 0.25) is 0 Å². The molecular formula is C12H16N4O2. The van der Waals surface area contributed by atoms with Gasteiger partial charge in [0, 0.05) is 37.1 Å². The minimum atomic E-state index is 0.432. The van der Waals surface area contributed by atoms with E-state index in [1.807, 2.05) is 0 Å². The van der Waals surface area contributed by atoms with Crippen molar-refractivity contribution in [2.24, 2.45) is 0 Å². The lowest BCUT2D eigenvalue weighted by atomic mass is 10.2. The first-order chi connectivity index (χ1) is 8.69. The summed E-state index contributed by atoms with van der Waals surface area (Å²) in [5.41, 5.74) is 13.3. The highest BCUT2D eigenvalue weighted by Crippen LogP contribution is 2.23. The summed E-state index contributed by atoms with van der Waals surface area (Å²) in [5, 5.41) is 3.90. The van der Waals surface area contributed by atoms with E-state index in [4.69, 9.17) is 20.7 Å². The first kappa shape index (κ1) is 12.4. The van der Waals surface area contributed by atoms with Gasteiger partial charge in [-0.05, 0) is 24.6 Å². The number of aromatic nitrogens is 2. The van der Waals surface area contributed by atoms with E-state index in [0.717, 1.165) is 18.4 Å². The number of methoxy groups -OCH3 is 1. The fourth-order valence-electron chi connectivity index (χ4n) is 1.65. The molecular weight excluding hydrogens is 232 g/mol. The van der Waals surface area contributed by atoms with E-state index in [1.165, 1.54) is 0 Å². The molecule has 1 aromatic carbocycles. The van der Waals surface area contributed by atoms with Gasteiger partial charge in [-0.2, -0.15) is 4.98 Å². The zero-order chi connectivity index (χ0) is 13.0. The molecule has 4 N–H and O–H groups in total. The molecule has 6 nitrogen and oxygen atoms in total. The van der Waals surface area contributed by atoms with E-state index >= 15 is 0 Å². The number of nitrogens with zero attached hydrogens (tertiary/aromatic N) is 2. The van der Waals surface area contributed by atoms with E-state index in [1.54, 1.807) is 25.3 Å². The number of aryl methyl sites for hydroxylation is 1. The van der Waals surface area contributed by atoms with Gasteiger partial charge in [-0.1, -0.05) is 5.16 Å². The first-order valence-corrected chi connectivity index (χ1v) is 5.67. The quantitative estimate of drug-likeness (QED) is 0.614. The van der Waals surface area contributed by atoms with E-state index in [-0.39, 0.29) is 0 Å². The van der Waals surface area contributed by atoms with Crippen LogP contribution in [0.25, 0.3) is 11.5 Å². The van der Waals surface area contributed by atoms with Crippen LogP contribution >= 0.6 is 0 Å². The van der Waals surface area contributed by atoms with E-state index in [0.29, 0.717) is 29.7 Å². The van der Waals surface area contributed by atoms with Crippen LogP contribution in [-0.4, -0.2) is 23.9 Å². The minimum Gasteiger partial charge on any atom is -0.399 e. The van der Waals surface area contributed by atoms with E-state index in [9.17, 15) is 0 Å². The van der Waals surface area contributed by atoms with Gasteiger partial charge in [0.05, 0.1) is 0 Å². The van der Waals surface area contributed by atoms with Crippen molar-refractivity contribution in [3.05, 3.63) is 24.0 Å². The Kier molecular flexibility index (Phi) is 3.78. The SMILES string of the molecule is COCCCc1noc(-c2cc(N)cc(N)c2)n1. The van der Waals surface area contributed by atoms with Crippen LogP contribution in [0.1, 0.15) is 12.2 Å². The molecule has 0 aliphatic rings. The molecule has 1 aromatic heterocycles. The zero-order valence-corrected chi connectivity index (χ0v) is 10.2. The van der Waals surface area contributed by atoms with Crippen molar-refractivity contribution in [1.29, 1.82) is 0 Å². The Balaban J connectivity index is 2.13. The third-order valence-corrected chi connectivity index (χ3v) is 2.44. The molecule has 0 unspecified atom stereocenters. The number of nitrogen functional groups attached to an aromatic ring is 2. The summed E-state index contributed by atoms with van der Waals surface area (Å²) in [6.45, 7) is 0.676. The zero-order valence-electron chi connectivity index (χ0n) is 10.2. The molecule has 0 spiro atoms. The molecule has 0 radical (unpaired) electrons. The molecule has 0 fully saturated rings. The Hall–Kier alpha value is -2.08. The van der Waals surface area contributed by atoms with Crippen LogP contribution < -0.4 is 11.5 Å². The Bertz CT molecular complexity index is 504. The average molecular weight is 248 g/mol. The summed E-state index contributed by atoms with van der Waals surface area (Å²) in [4.78, 5) is 4.29. The van der Waals surface area contributed by atoms with Gasteiger partial charge in [0.25, 0.3) is 5.89 Å². The number of hydrogen-bond donors (Lipinski definition) is 2. The lowest BCUT2D eigenvalue weighted by Crippen LogP contribution is -1.94. The maximum absolute atomic E-state index is 5.72. The van der Waals surface area contributed by atoms with E-state index in [2.05, 4.69) is 10.1 Å². The molecule has 2 rings (SSSR count). The fraction of sp³-hybridized carbons (Fsp3) is 0.333. The average Bonchev–Trinajstić information content (AvgIpc) is 2.77. The molecule has 0 saturated carbocycles. The van der Waals surface area contributed by atoms with Gasteiger partial charge in [0.2, 0.25) is 0 Å². The van der Waals surface area contributed by atoms with Crippen molar-refractivity contribution in [3.63, 3.8) is 0 Å². The number of anilines is 2. The van der Waals surface area contributed by atoms with Gasteiger partial charge in [0.15, 0.2) is 5.82 Å². The number of benzene rings is 1. The molecule has 1 heterocycles. The summed E-state index contributed by atoms with van der Waals surface area (Å²) < 4.78 is 10.1. The molecule has 0 aliphatic heterocycles. The number of hydrogen-bond acceptors (Lipinski definition) is 6. The van der Waals surface area contributed by atoms with Crippen LogP contribution in [0.15, 0.2) is 22.7 Å². The third kappa shape index (κ3) is 2.98. The minimum absolute atomic E-state index is 0.432. The Labute approximate surface area is 105 Å². The number of nitrogens with two attached hydrogens (primary N) is 2. The van der Waals surface area contributed by atoms with Crippen molar-refractivity contribution >= 4 is 11.4 Å². The van der Waals surface area contributed by atoms with Gasteiger partial charge >= 0.3 is 0 Å². The van der Waals surface area contributed by atoms with Gasteiger partial charge in [-0.3, -0.25) is 0 Å². The van der Waals surface area contributed by atoms with Crippen molar-refractivity contribution in [1.82, 2.24) is 10.1 Å². The molecule has 0 saturated heterocycles. The highest BCUT2D eigenvalue weighted by atomic mass is 16.5. The molecule has 6 heteroatoms. The standard InChI is InChI=1S/C12H16N4O2/c1-17-4-2-3-11-15-12(18-16-11)8-5-9(13)7-10(14)6-8/h5-7H,2-4,13-14H2,1H3. The molecule has 0 aliphatic carbocycles. The Morgan fingerprint density at radius 3 is 2.61 bits per heavy atom. The summed E-state index contributed by atoms with van der Waals surface area (Å²) >= 11 is 0.